The highest BCUT2D eigenvalue weighted by molar-refractivity contribution is 9.10. The van der Waals surface area contributed by atoms with E-state index in [2.05, 4.69) is 50.2 Å². The van der Waals surface area contributed by atoms with Gasteiger partial charge in [-0.05, 0) is 74.6 Å². The van der Waals surface area contributed by atoms with E-state index in [9.17, 15) is 9.90 Å². The van der Waals surface area contributed by atoms with E-state index in [-0.39, 0.29) is 5.41 Å². The van der Waals surface area contributed by atoms with E-state index in [4.69, 9.17) is 4.99 Å². The zero-order valence-electron chi connectivity index (χ0n) is 14.9. The van der Waals surface area contributed by atoms with Crippen molar-refractivity contribution in [2.24, 2.45) is 4.99 Å². The number of carboxylic acids is 1. The number of nitrogens with zero attached hydrogens (tertiary/aromatic N) is 1. The fourth-order valence-corrected chi connectivity index (χ4v) is 5.20. The molecule has 4 rings (SSSR count). The van der Waals surface area contributed by atoms with Gasteiger partial charge in [0, 0.05) is 25.8 Å². The Bertz CT molecular complexity index is 947. The summed E-state index contributed by atoms with van der Waals surface area (Å²) in [5, 5.41) is 13.4. The minimum Gasteiger partial charge on any atom is -0.480 e. The number of nitrogens with one attached hydrogen (secondary N) is 1. The van der Waals surface area contributed by atoms with Crippen molar-refractivity contribution in [1.29, 1.82) is 0 Å². The second kappa shape index (κ2) is 6.74. The van der Waals surface area contributed by atoms with Crippen molar-refractivity contribution >= 4 is 54.9 Å². The highest BCUT2D eigenvalue weighted by Crippen LogP contribution is 2.52. The predicted octanol–water partition coefficient (Wildman–Crippen LogP) is 6.06. The summed E-state index contributed by atoms with van der Waals surface area (Å²) in [7, 11) is 0. The number of hydrogen-bond acceptors (Lipinski definition) is 3. The van der Waals surface area contributed by atoms with Crippen LogP contribution in [0.15, 0.2) is 56.4 Å². The Morgan fingerprint density at radius 2 is 1.78 bits per heavy atom. The van der Waals surface area contributed by atoms with Crippen LogP contribution in [0.4, 0.5) is 11.4 Å². The Hall–Kier alpha value is -1.66. The van der Waals surface area contributed by atoms with Crippen molar-refractivity contribution in [3.8, 4) is 0 Å². The summed E-state index contributed by atoms with van der Waals surface area (Å²) in [5.74, 6) is -0.792. The van der Waals surface area contributed by atoms with E-state index in [1.165, 1.54) is 5.56 Å². The molecule has 1 fully saturated rings. The third-order valence-electron chi connectivity index (χ3n) is 6.03. The summed E-state index contributed by atoms with van der Waals surface area (Å²) in [4.78, 5) is 17.0. The Kier molecular flexibility index (Phi) is 4.67. The molecular formula is C21H20Br2N2O2. The molecule has 2 aromatic rings. The molecule has 0 atom stereocenters. The van der Waals surface area contributed by atoms with Gasteiger partial charge in [0.1, 0.15) is 5.54 Å². The summed E-state index contributed by atoms with van der Waals surface area (Å²) in [6, 6.07) is 13.9. The van der Waals surface area contributed by atoms with E-state index in [0.29, 0.717) is 12.8 Å². The van der Waals surface area contributed by atoms with Crippen LogP contribution in [0, 0.1) is 0 Å². The molecule has 4 nitrogen and oxygen atoms in total. The van der Waals surface area contributed by atoms with Crippen LogP contribution >= 0.6 is 31.9 Å². The molecule has 140 valence electrons. The monoisotopic (exact) mass is 490 g/mol. The van der Waals surface area contributed by atoms with Gasteiger partial charge in [0.2, 0.25) is 0 Å². The lowest BCUT2D eigenvalue weighted by Gasteiger charge is -2.44. The molecule has 0 radical (unpaired) electrons. The topological polar surface area (TPSA) is 61.7 Å². The molecule has 0 saturated heterocycles. The molecule has 1 spiro atoms. The Morgan fingerprint density at radius 3 is 2.44 bits per heavy atom. The van der Waals surface area contributed by atoms with Gasteiger partial charge in [0.15, 0.2) is 0 Å². The number of aliphatic carboxylic acids is 1. The minimum atomic E-state index is -0.957. The summed E-state index contributed by atoms with van der Waals surface area (Å²) in [6.07, 6.45) is 2.62. The van der Waals surface area contributed by atoms with Crippen LogP contribution in [-0.4, -0.2) is 22.3 Å². The van der Waals surface area contributed by atoms with E-state index >= 15 is 0 Å². The molecule has 2 N–H and O–H groups in total. The van der Waals surface area contributed by atoms with Crippen LogP contribution in [0.2, 0.25) is 0 Å². The van der Waals surface area contributed by atoms with Gasteiger partial charge in [-0.25, -0.2) is 4.79 Å². The molecule has 0 unspecified atom stereocenters. The average molecular weight is 492 g/mol. The lowest BCUT2D eigenvalue weighted by molar-refractivity contribution is -0.143. The number of benzene rings is 2. The molecule has 2 aromatic carbocycles. The van der Waals surface area contributed by atoms with Crippen LogP contribution in [0.1, 0.15) is 38.2 Å². The largest absolute Gasteiger partial charge is 0.480 e. The van der Waals surface area contributed by atoms with Crippen molar-refractivity contribution in [3.05, 3.63) is 57.0 Å². The van der Waals surface area contributed by atoms with E-state index in [1.807, 2.05) is 36.4 Å². The number of aliphatic imine (C=N–C) groups is 1. The molecule has 27 heavy (non-hydrogen) atoms. The summed E-state index contributed by atoms with van der Waals surface area (Å²) < 4.78 is 1.96. The van der Waals surface area contributed by atoms with Crippen LogP contribution in [0.5, 0.6) is 0 Å². The molecule has 0 aromatic heterocycles. The normalized spacial score (nSPS) is 26.6. The standard InChI is InChI=1S/C21H20Br2N2O2/c1-13-20(17-12-15(23)5-6-18(17)24-13)7-9-21(10-8-20,19(26)27)25-16-4-2-3-14(22)11-16/h2-6,11-12,25H,7-10H2,1H3,(H,26,27). The van der Waals surface area contributed by atoms with Gasteiger partial charge in [-0.2, -0.15) is 0 Å². The van der Waals surface area contributed by atoms with Crippen molar-refractivity contribution in [3.63, 3.8) is 0 Å². The molecule has 1 heterocycles. The molecule has 1 aliphatic carbocycles. The van der Waals surface area contributed by atoms with Crippen molar-refractivity contribution in [1.82, 2.24) is 0 Å². The zero-order chi connectivity index (χ0) is 19.2. The van der Waals surface area contributed by atoms with Crippen LogP contribution in [-0.2, 0) is 10.2 Å². The van der Waals surface area contributed by atoms with Crippen molar-refractivity contribution < 1.29 is 9.90 Å². The van der Waals surface area contributed by atoms with Crippen molar-refractivity contribution in [2.75, 3.05) is 5.32 Å². The first kappa shape index (κ1) is 18.7. The highest BCUT2D eigenvalue weighted by Gasteiger charge is 2.51. The van der Waals surface area contributed by atoms with Crippen molar-refractivity contribution in [2.45, 2.75) is 43.6 Å². The first-order chi connectivity index (χ1) is 12.8. The maximum atomic E-state index is 12.2. The number of halogens is 2. The molecule has 1 aliphatic heterocycles. The van der Waals surface area contributed by atoms with Crippen LogP contribution in [0.25, 0.3) is 0 Å². The van der Waals surface area contributed by atoms with Gasteiger partial charge in [-0.15, -0.1) is 0 Å². The van der Waals surface area contributed by atoms with E-state index in [1.54, 1.807) is 0 Å². The smallest absolute Gasteiger partial charge is 0.329 e. The van der Waals surface area contributed by atoms with Gasteiger partial charge in [0.25, 0.3) is 0 Å². The van der Waals surface area contributed by atoms with E-state index < -0.39 is 11.5 Å². The fraction of sp³-hybridized carbons (Fsp3) is 0.333. The lowest BCUT2D eigenvalue weighted by Crippen LogP contribution is -2.53. The second-order valence-corrected chi connectivity index (χ2v) is 9.29. The Balaban J connectivity index is 1.64. The van der Waals surface area contributed by atoms with Crippen LogP contribution < -0.4 is 5.32 Å². The third kappa shape index (κ3) is 3.13. The molecule has 6 heteroatoms. The number of carbonyl (C=O) groups is 1. The number of hydrogen-bond donors (Lipinski definition) is 2. The Labute approximate surface area is 175 Å². The molecule has 0 amide bonds. The molecule has 2 aliphatic rings. The van der Waals surface area contributed by atoms with E-state index in [0.717, 1.165) is 38.9 Å². The quantitative estimate of drug-likeness (QED) is 0.548. The maximum Gasteiger partial charge on any atom is 0.329 e. The summed E-state index contributed by atoms with van der Waals surface area (Å²) >= 11 is 7.03. The highest BCUT2D eigenvalue weighted by atomic mass is 79.9. The molecule has 0 bridgehead atoms. The first-order valence-electron chi connectivity index (χ1n) is 8.98. The third-order valence-corrected chi connectivity index (χ3v) is 7.02. The second-order valence-electron chi connectivity index (χ2n) is 7.46. The van der Waals surface area contributed by atoms with Gasteiger partial charge in [0.05, 0.1) is 5.69 Å². The Morgan fingerprint density at radius 1 is 1.07 bits per heavy atom. The van der Waals surface area contributed by atoms with Gasteiger partial charge < -0.3 is 10.4 Å². The number of carboxylic acid groups (broad SMARTS) is 1. The molecular weight excluding hydrogens is 472 g/mol. The zero-order valence-corrected chi connectivity index (χ0v) is 18.1. The summed E-state index contributed by atoms with van der Waals surface area (Å²) in [6.45, 7) is 2.07. The van der Waals surface area contributed by atoms with Gasteiger partial charge >= 0.3 is 5.97 Å². The lowest BCUT2D eigenvalue weighted by atomic mass is 9.62. The van der Waals surface area contributed by atoms with Crippen LogP contribution in [0.3, 0.4) is 0 Å². The average Bonchev–Trinajstić information content (AvgIpc) is 2.89. The van der Waals surface area contributed by atoms with Gasteiger partial charge in [-0.3, -0.25) is 4.99 Å². The molecule has 1 saturated carbocycles. The summed E-state index contributed by atoms with van der Waals surface area (Å²) in [5.41, 5.74) is 3.03. The predicted molar refractivity (Wildman–Crippen MR) is 115 cm³/mol. The SMILES string of the molecule is CC1=Nc2ccc(Br)cc2C12CCC(Nc1cccc(Br)c1)(C(=O)O)CC2. The maximum absolute atomic E-state index is 12.2. The number of fused-ring (bicyclic) bond motifs is 2. The van der Waals surface area contributed by atoms with Gasteiger partial charge in [-0.1, -0.05) is 37.9 Å². The fourth-order valence-electron chi connectivity index (χ4n) is 4.44. The number of anilines is 1. The minimum absolute atomic E-state index is 0.156. The number of rotatable bonds is 3. The first-order valence-corrected chi connectivity index (χ1v) is 10.6.